The number of nitrogens with zero attached hydrogens (tertiary/aromatic N) is 9. The maximum Gasteiger partial charge on any atom is 0.246 e. The van der Waals surface area contributed by atoms with Gasteiger partial charge in [0.2, 0.25) is 11.9 Å². The lowest BCUT2D eigenvalue weighted by Gasteiger charge is -2.34. The van der Waals surface area contributed by atoms with E-state index in [0.29, 0.717) is 90.3 Å². The van der Waals surface area contributed by atoms with Gasteiger partial charge in [-0.05, 0) is 62.4 Å². The zero-order valence-electron chi connectivity index (χ0n) is 25.4. The predicted molar refractivity (Wildman–Crippen MR) is 168 cm³/mol. The summed E-state index contributed by atoms with van der Waals surface area (Å²) in [6.45, 7) is 3.77. The van der Waals surface area contributed by atoms with Gasteiger partial charge in [0.25, 0.3) is 0 Å². The van der Waals surface area contributed by atoms with Gasteiger partial charge in [-0.3, -0.25) is 4.79 Å². The Labute approximate surface area is 263 Å². The number of rotatable bonds is 8. The number of hydrogen-bond acceptors (Lipinski definition) is 10. The van der Waals surface area contributed by atoms with E-state index in [4.69, 9.17) is 9.72 Å². The number of benzene rings is 2. The van der Waals surface area contributed by atoms with Crippen LogP contribution in [0.4, 0.5) is 26.2 Å². The molecular formula is C32H32F2N10O2. The van der Waals surface area contributed by atoms with Gasteiger partial charge in [-0.15, -0.1) is 5.10 Å². The molecule has 14 heteroatoms. The van der Waals surface area contributed by atoms with E-state index in [1.807, 2.05) is 24.1 Å². The minimum absolute atomic E-state index is 0.0459. The van der Waals surface area contributed by atoms with Crippen molar-refractivity contribution in [3.63, 3.8) is 0 Å². The molecule has 0 atom stereocenters. The minimum Gasteiger partial charge on any atom is -0.457 e. The number of aryl methyl sites for hydroxylation is 1. The number of hydrogen-bond donors (Lipinski definition) is 1. The van der Waals surface area contributed by atoms with Crippen molar-refractivity contribution >= 4 is 45.4 Å². The van der Waals surface area contributed by atoms with Crippen LogP contribution in [-0.2, 0) is 11.8 Å². The Morgan fingerprint density at radius 2 is 1.91 bits per heavy atom. The topological polar surface area (TPSA) is 127 Å². The van der Waals surface area contributed by atoms with Crippen LogP contribution in [0.5, 0.6) is 11.5 Å². The Morgan fingerprint density at radius 3 is 2.72 bits per heavy atom. The van der Waals surface area contributed by atoms with Crippen LogP contribution in [0.25, 0.3) is 22.1 Å². The van der Waals surface area contributed by atoms with Crippen molar-refractivity contribution in [1.29, 1.82) is 0 Å². The maximum absolute atomic E-state index is 15.6. The molecule has 1 saturated heterocycles. The summed E-state index contributed by atoms with van der Waals surface area (Å²) < 4.78 is 36.3. The summed E-state index contributed by atoms with van der Waals surface area (Å²) in [5.41, 5.74) is 3.00. The predicted octanol–water partition coefficient (Wildman–Crippen LogP) is 5.03. The van der Waals surface area contributed by atoms with Gasteiger partial charge < -0.3 is 19.9 Å². The first-order valence-corrected chi connectivity index (χ1v) is 15.2. The van der Waals surface area contributed by atoms with Crippen molar-refractivity contribution in [3.05, 3.63) is 66.4 Å². The molecule has 1 saturated carbocycles. The SMILES string of the molecule is Cc1c(Oc2ccc3c(c2)nnn3C)ccc(Nc2ncnc3cnc(N4CCN(C(=O)/C=C/CC5CC(F)C5)CC4)nc23)c1F. The lowest BCUT2D eigenvalue weighted by Crippen LogP contribution is -2.48. The monoisotopic (exact) mass is 626 g/mol. The molecule has 2 aromatic carbocycles. The van der Waals surface area contributed by atoms with Crippen molar-refractivity contribution in [1.82, 2.24) is 39.8 Å². The van der Waals surface area contributed by atoms with Gasteiger partial charge in [0.1, 0.15) is 40.5 Å². The molecule has 2 fully saturated rings. The molecule has 7 rings (SSSR count). The summed E-state index contributed by atoms with van der Waals surface area (Å²) in [4.78, 5) is 34.3. The van der Waals surface area contributed by atoms with Crippen molar-refractivity contribution in [2.45, 2.75) is 32.4 Å². The number of ether oxygens (including phenoxy) is 1. The van der Waals surface area contributed by atoms with Crippen molar-refractivity contribution in [3.8, 4) is 11.5 Å². The molecule has 0 radical (unpaired) electrons. The Morgan fingerprint density at radius 1 is 1.09 bits per heavy atom. The number of alkyl halides is 1. The molecule has 1 aliphatic heterocycles. The van der Waals surface area contributed by atoms with Gasteiger partial charge in [0, 0.05) is 44.9 Å². The second-order valence-corrected chi connectivity index (χ2v) is 11.7. The fraction of sp³-hybridized carbons (Fsp3) is 0.344. The van der Waals surface area contributed by atoms with Gasteiger partial charge in [-0.1, -0.05) is 11.3 Å². The highest BCUT2D eigenvalue weighted by molar-refractivity contribution is 5.88. The molecule has 4 heterocycles. The summed E-state index contributed by atoms with van der Waals surface area (Å²) in [7, 11) is 1.81. The van der Waals surface area contributed by atoms with Gasteiger partial charge in [-0.2, -0.15) is 0 Å². The lowest BCUT2D eigenvalue weighted by atomic mass is 9.81. The summed E-state index contributed by atoms with van der Waals surface area (Å²) in [5.74, 6) is 1.49. The Hall–Kier alpha value is -5.27. The zero-order chi connectivity index (χ0) is 31.8. The standard InChI is InChI=1S/C32H32F2N10O2/c1-19-27(46-22-6-8-26-24(16-22)40-41-42(26)2)9-7-23(29(19)34)38-31-30-25(36-18-37-31)17-35-32(39-30)44-12-10-43(11-13-44)28(45)5-3-4-20-14-21(33)15-20/h3,5-9,16-18,20-21H,4,10-15H2,1-2H3,(H,36,37,38)/b5-3+. The molecule has 1 N–H and O–H groups in total. The van der Waals surface area contributed by atoms with Crippen LogP contribution < -0.4 is 15.0 Å². The van der Waals surface area contributed by atoms with Crippen LogP contribution in [0.2, 0.25) is 0 Å². The van der Waals surface area contributed by atoms with E-state index in [0.717, 1.165) is 11.9 Å². The molecule has 0 bridgehead atoms. The van der Waals surface area contributed by atoms with Crippen LogP contribution in [0, 0.1) is 18.7 Å². The molecule has 3 aromatic heterocycles. The first-order valence-electron chi connectivity index (χ1n) is 15.2. The molecule has 0 spiro atoms. The molecule has 236 valence electrons. The normalized spacial score (nSPS) is 18.3. The summed E-state index contributed by atoms with van der Waals surface area (Å²) in [6, 6.07) is 8.67. The third kappa shape index (κ3) is 5.89. The van der Waals surface area contributed by atoms with E-state index in [1.165, 1.54) is 6.33 Å². The number of carbonyl (C=O) groups excluding carboxylic acids is 1. The number of anilines is 3. The van der Waals surface area contributed by atoms with E-state index in [1.54, 1.807) is 53.0 Å². The van der Waals surface area contributed by atoms with E-state index < -0.39 is 12.0 Å². The number of carbonyl (C=O) groups is 1. The van der Waals surface area contributed by atoms with E-state index in [2.05, 4.69) is 30.6 Å². The smallest absolute Gasteiger partial charge is 0.246 e. The fourth-order valence-electron chi connectivity index (χ4n) is 5.74. The Kier molecular flexibility index (Phi) is 7.84. The second kappa shape index (κ2) is 12.3. The number of nitrogens with one attached hydrogen (secondary N) is 1. The largest absolute Gasteiger partial charge is 0.457 e. The second-order valence-electron chi connectivity index (χ2n) is 11.7. The van der Waals surface area contributed by atoms with E-state index in [-0.39, 0.29) is 11.6 Å². The van der Waals surface area contributed by atoms with E-state index in [9.17, 15) is 9.18 Å². The highest BCUT2D eigenvalue weighted by atomic mass is 19.1. The van der Waals surface area contributed by atoms with Crippen LogP contribution in [-0.4, -0.2) is 78.1 Å². The highest BCUT2D eigenvalue weighted by Crippen LogP contribution is 2.34. The molecule has 0 unspecified atom stereocenters. The number of halogens is 2. The molecule has 2 aliphatic rings. The van der Waals surface area contributed by atoms with Gasteiger partial charge >= 0.3 is 0 Å². The van der Waals surface area contributed by atoms with E-state index >= 15 is 4.39 Å². The quantitative estimate of drug-likeness (QED) is 0.234. The van der Waals surface area contributed by atoms with Crippen LogP contribution >= 0.6 is 0 Å². The van der Waals surface area contributed by atoms with Gasteiger partial charge in [-0.25, -0.2) is 33.4 Å². The summed E-state index contributed by atoms with van der Waals surface area (Å²) in [5, 5.41) is 11.2. The minimum atomic E-state index is -0.686. The van der Waals surface area contributed by atoms with Crippen molar-refractivity contribution < 1.29 is 18.3 Å². The number of piperazine rings is 1. The van der Waals surface area contributed by atoms with Crippen LogP contribution in [0.1, 0.15) is 24.8 Å². The molecule has 1 amide bonds. The number of amides is 1. The van der Waals surface area contributed by atoms with Gasteiger partial charge in [0.05, 0.1) is 17.4 Å². The average Bonchev–Trinajstić information content (AvgIpc) is 3.43. The molecular weight excluding hydrogens is 594 g/mol. The van der Waals surface area contributed by atoms with Crippen molar-refractivity contribution in [2.24, 2.45) is 13.0 Å². The zero-order valence-corrected chi connectivity index (χ0v) is 25.4. The molecule has 1 aliphatic carbocycles. The Balaban J connectivity index is 1.03. The van der Waals surface area contributed by atoms with Crippen molar-refractivity contribution in [2.75, 3.05) is 36.4 Å². The third-order valence-electron chi connectivity index (χ3n) is 8.55. The summed E-state index contributed by atoms with van der Waals surface area (Å²) in [6.07, 6.45) is 7.66. The average molecular weight is 627 g/mol. The fourth-order valence-corrected chi connectivity index (χ4v) is 5.74. The molecule has 12 nitrogen and oxygen atoms in total. The first kappa shape index (κ1) is 29.4. The third-order valence-corrected chi connectivity index (χ3v) is 8.55. The van der Waals surface area contributed by atoms with Crippen LogP contribution in [0.15, 0.2) is 55.0 Å². The maximum atomic E-state index is 15.6. The highest BCUT2D eigenvalue weighted by Gasteiger charge is 2.28. The van der Waals surface area contributed by atoms with Crippen LogP contribution in [0.3, 0.4) is 0 Å². The molecule has 46 heavy (non-hydrogen) atoms. The van der Waals surface area contributed by atoms with Gasteiger partial charge in [0.15, 0.2) is 11.6 Å². The molecule has 5 aromatic rings. The lowest BCUT2D eigenvalue weighted by molar-refractivity contribution is -0.126. The Bertz CT molecular complexity index is 1950. The first-order chi connectivity index (χ1) is 22.3. The number of fused-ring (bicyclic) bond motifs is 2. The summed E-state index contributed by atoms with van der Waals surface area (Å²) >= 11 is 0. The number of aromatic nitrogens is 7. The number of allylic oxidation sites excluding steroid dienone is 1.